The van der Waals surface area contributed by atoms with Crippen molar-refractivity contribution < 1.29 is 9.18 Å². The number of hydrogen-bond acceptors (Lipinski definition) is 3. The fraction of sp³-hybridized carbons (Fsp3) is 0.100. The van der Waals surface area contributed by atoms with Crippen LogP contribution in [0.1, 0.15) is 28.9 Å². The highest BCUT2D eigenvalue weighted by Gasteiger charge is 2.08. The quantitative estimate of drug-likeness (QED) is 0.714. The van der Waals surface area contributed by atoms with Crippen LogP contribution in [-0.4, -0.2) is 10.9 Å². The summed E-state index contributed by atoms with van der Waals surface area (Å²) < 4.78 is 13.2. The van der Waals surface area contributed by atoms with Gasteiger partial charge in [-0.1, -0.05) is 36.4 Å². The zero-order chi connectivity index (χ0) is 17.6. The molecule has 1 aromatic heterocycles. The van der Waals surface area contributed by atoms with E-state index >= 15 is 0 Å². The van der Waals surface area contributed by atoms with Crippen molar-refractivity contribution in [3.05, 3.63) is 89.9 Å². The molecule has 0 aliphatic heterocycles. The number of anilines is 2. The predicted octanol–water partition coefficient (Wildman–Crippen LogP) is 4.65. The molecule has 25 heavy (non-hydrogen) atoms. The number of hydrogen-bond donors (Lipinski definition) is 2. The van der Waals surface area contributed by atoms with Gasteiger partial charge < -0.3 is 10.6 Å². The van der Waals surface area contributed by atoms with Crippen LogP contribution in [0.15, 0.2) is 72.9 Å². The monoisotopic (exact) mass is 335 g/mol. The van der Waals surface area contributed by atoms with E-state index in [1.54, 1.807) is 18.3 Å². The Labute approximate surface area is 145 Å². The summed E-state index contributed by atoms with van der Waals surface area (Å²) in [5.41, 5.74) is 2.27. The second-order valence-electron chi connectivity index (χ2n) is 5.67. The minimum atomic E-state index is -0.449. The minimum Gasteiger partial charge on any atom is -0.377 e. The lowest BCUT2D eigenvalue weighted by atomic mass is 10.1. The Hall–Kier alpha value is -3.21. The molecule has 0 spiro atoms. The third-order valence-corrected chi connectivity index (χ3v) is 3.77. The van der Waals surface area contributed by atoms with Gasteiger partial charge in [-0.25, -0.2) is 9.37 Å². The summed E-state index contributed by atoms with van der Waals surface area (Å²) >= 11 is 0. The van der Waals surface area contributed by atoms with Gasteiger partial charge in [-0.15, -0.1) is 0 Å². The molecule has 3 aromatic rings. The van der Waals surface area contributed by atoms with Crippen LogP contribution in [-0.2, 0) is 0 Å². The molecular weight excluding hydrogens is 317 g/mol. The van der Waals surface area contributed by atoms with Gasteiger partial charge in [0, 0.05) is 11.6 Å². The number of amides is 1. The van der Waals surface area contributed by atoms with Gasteiger partial charge in [-0.2, -0.15) is 0 Å². The molecule has 1 atom stereocenters. The van der Waals surface area contributed by atoms with Crippen molar-refractivity contribution in [3.63, 3.8) is 0 Å². The number of carbonyl (C=O) groups is 1. The van der Waals surface area contributed by atoms with E-state index in [0.717, 1.165) is 5.69 Å². The number of rotatable bonds is 5. The molecular formula is C20H18FN3O. The molecule has 4 nitrogen and oxygen atoms in total. The number of pyridine rings is 1. The largest absolute Gasteiger partial charge is 0.377 e. The Bertz CT molecular complexity index is 850. The third-order valence-electron chi connectivity index (χ3n) is 3.77. The highest BCUT2D eigenvalue weighted by atomic mass is 19.1. The highest BCUT2D eigenvalue weighted by Crippen LogP contribution is 2.19. The first kappa shape index (κ1) is 16.6. The van der Waals surface area contributed by atoms with Crippen LogP contribution in [0.25, 0.3) is 0 Å². The van der Waals surface area contributed by atoms with Gasteiger partial charge in [-0.05, 0) is 42.8 Å². The average molecular weight is 335 g/mol. The topological polar surface area (TPSA) is 54.0 Å². The SMILES string of the molecule is CC(Nc1ccc(NC(=O)c2cccc(F)c2)nc1)c1ccccc1. The first-order valence-electron chi connectivity index (χ1n) is 7.96. The first-order valence-corrected chi connectivity index (χ1v) is 7.96. The van der Waals surface area contributed by atoms with Crippen molar-refractivity contribution in [1.29, 1.82) is 0 Å². The van der Waals surface area contributed by atoms with Gasteiger partial charge in [0.1, 0.15) is 11.6 Å². The molecule has 1 amide bonds. The van der Waals surface area contributed by atoms with Crippen LogP contribution in [0, 0.1) is 5.82 Å². The van der Waals surface area contributed by atoms with E-state index in [2.05, 4.69) is 34.7 Å². The first-order chi connectivity index (χ1) is 12.1. The molecule has 2 aromatic carbocycles. The Kier molecular flexibility index (Phi) is 5.04. The number of benzene rings is 2. The van der Waals surface area contributed by atoms with E-state index in [1.807, 2.05) is 24.3 Å². The van der Waals surface area contributed by atoms with Gasteiger partial charge in [0.15, 0.2) is 0 Å². The molecule has 1 unspecified atom stereocenters. The summed E-state index contributed by atoms with van der Waals surface area (Å²) in [7, 11) is 0. The zero-order valence-electron chi connectivity index (χ0n) is 13.7. The smallest absolute Gasteiger partial charge is 0.256 e. The lowest BCUT2D eigenvalue weighted by molar-refractivity contribution is 0.102. The van der Waals surface area contributed by atoms with Gasteiger partial charge in [0.05, 0.1) is 11.9 Å². The minimum absolute atomic E-state index is 0.135. The maximum Gasteiger partial charge on any atom is 0.256 e. The fourth-order valence-corrected chi connectivity index (χ4v) is 2.45. The van der Waals surface area contributed by atoms with E-state index in [4.69, 9.17) is 0 Å². The second kappa shape index (κ2) is 7.57. The fourth-order valence-electron chi connectivity index (χ4n) is 2.45. The normalized spacial score (nSPS) is 11.6. The van der Waals surface area contributed by atoms with Crippen LogP contribution >= 0.6 is 0 Å². The highest BCUT2D eigenvalue weighted by molar-refractivity contribution is 6.03. The van der Waals surface area contributed by atoms with Gasteiger partial charge in [0.25, 0.3) is 5.91 Å². The summed E-state index contributed by atoms with van der Waals surface area (Å²) in [6, 6.07) is 19.3. The standard InChI is InChI=1S/C20H18FN3O/c1-14(15-6-3-2-4-7-15)23-18-10-11-19(22-13-18)24-20(25)16-8-5-9-17(21)12-16/h2-14,23H,1H3,(H,22,24,25). The van der Waals surface area contributed by atoms with E-state index in [-0.39, 0.29) is 11.6 Å². The summed E-state index contributed by atoms with van der Waals surface area (Å²) in [6.07, 6.45) is 1.65. The van der Waals surface area contributed by atoms with Crippen LogP contribution in [0.5, 0.6) is 0 Å². The van der Waals surface area contributed by atoms with Crippen LogP contribution in [0.2, 0.25) is 0 Å². The Morgan fingerprint density at radius 2 is 1.84 bits per heavy atom. The molecule has 0 bridgehead atoms. The molecule has 0 radical (unpaired) electrons. The summed E-state index contributed by atoms with van der Waals surface area (Å²) in [6.45, 7) is 2.06. The Morgan fingerprint density at radius 3 is 2.52 bits per heavy atom. The number of aromatic nitrogens is 1. The Balaban J connectivity index is 1.63. The number of halogens is 1. The molecule has 0 saturated carbocycles. The Morgan fingerprint density at radius 1 is 1.04 bits per heavy atom. The average Bonchev–Trinajstić information content (AvgIpc) is 2.64. The molecule has 5 heteroatoms. The summed E-state index contributed by atoms with van der Waals surface area (Å²) in [5.74, 6) is -0.437. The third kappa shape index (κ3) is 4.41. The van der Waals surface area contributed by atoms with Gasteiger partial charge in [-0.3, -0.25) is 4.79 Å². The second-order valence-corrected chi connectivity index (χ2v) is 5.67. The maximum atomic E-state index is 13.2. The van der Waals surface area contributed by atoms with Crippen molar-refractivity contribution >= 4 is 17.4 Å². The van der Waals surface area contributed by atoms with Gasteiger partial charge >= 0.3 is 0 Å². The van der Waals surface area contributed by atoms with Crippen molar-refractivity contribution in [2.45, 2.75) is 13.0 Å². The summed E-state index contributed by atoms with van der Waals surface area (Å²) in [4.78, 5) is 16.3. The molecule has 1 heterocycles. The van der Waals surface area contributed by atoms with E-state index in [1.165, 1.54) is 23.8 Å². The van der Waals surface area contributed by atoms with E-state index in [9.17, 15) is 9.18 Å². The zero-order valence-corrected chi connectivity index (χ0v) is 13.7. The van der Waals surface area contributed by atoms with Crippen molar-refractivity contribution in [1.82, 2.24) is 4.98 Å². The number of nitrogens with zero attached hydrogens (tertiary/aromatic N) is 1. The van der Waals surface area contributed by atoms with Crippen molar-refractivity contribution in [2.75, 3.05) is 10.6 Å². The van der Waals surface area contributed by atoms with Crippen molar-refractivity contribution in [3.8, 4) is 0 Å². The predicted molar refractivity (Wildman–Crippen MR) is 97.1 cm³/mol. The van der Waals surface area contributed by atoms with Crippen LogP contribution in [0.3, 0.4) is 0 Å². The molecule has 0 saturated heterocycles. The number of carbonyl (C=O) groups excluding carboxylic acids is 1. The number of nitrogens with one attached hydrogen (secondary N) is 2. The van der Waals surface area contributed by atoms with Gasteiger partial charge in [0.2, 0.25) is 0 Å². The van der Waals surface area contributed by atoms with E-state index in [0.29, 0.717) is 5.82 Å². The molecule has 2 N–H and O–H groups in total. The summed E-state index contributed by atoms with van der Waals surface area (Å²) in [5, 5.41) is 6.01. The maximum absolute atomic E-state index is 13.2. The molecule has 0 aliphatic carbocycles. The lowest BCUT2D eigenvalue weighted by Gasteiger charge is -2.15. The molecule has 126 valence electrons. The lowest BCUT2D eigenvalue weighted by Crippen LogP contribution is -2.13. The molecule has 0 fully saturated rings. The molecule has 3 rings (SSSR count). The van der Waals surface area contributed by atoms with Crippen LogP contribution in [0.4, 0.5) is 15.9 Å². The van der Waals surface area contributed by atoms with E-state index < -0.39 is 11.7 Å². The molecule has 0 aliphatic rings. The van der Waals surface area contributed by atoms with Crippen molar-refractivity contribution in [2.24, 2.45) is 0 Å². The van der Waals surface area contributed by atoms with Crippen LogP contribution < -0.4 is 10.6 Å².